The number of hydrogen-bond donors (Lipinski definition) is 0. The first-order chi connectivity index (χ1) is 12.1. The first kappa shape index (κ1) is 16.8. The molecule has 0 atom stereocenters. The summed E-state index contributed by atoms with van der Waals surface area (Å²) in [5.41, 5.74) is 3.69. The molecule has 134 valence electrons. The molecule has 0 aliphatic carbocycles. The minimum absolute atomic E-state index is 0.215. The van der Waals surface area contributed by atoms with Gasteiger partial charge in [-0.3, -0.25) is 4.79 Å². The number of carbonyl (C=O) groups excluding carboxylic acids is 1. The molecule has 0 radical (unpaired) electrons. The van der Waals surface area contributed by atoms with Crippen LogP contribution in [0.1, 0.15) is 43.2 Å². The minimum atomic E-state index is 0.215. The van der Waals surface area contributed by atoms with Crippen LogP contribution in [-0.4, -0.2) is 42.0 Å². The van der Waals surface area contributed by atoms with E-state index in [1.54, 1.807) is 11.3 Å². The van der Waals surface area contributed by atoms with Gasteiger partial charge in [0.05, 0.1) is 10.2 Å². The van der Waals surface area contributed by atoms with Crippen molar-refractivity contribution in [2.45, 2.75) is 46.0 Å². The fourth-order valence-electron chi connectivity index (χ4n) is 4.18. The van der Waals surface area contributed by atoms with E-state index < -0.39 is 0 Å². The number of amides is 1. The van der Waals surface area contributed by atoms with Crippen LogP contribution in [0.3, 0.4) is 0 Å². The predicted molar refractivity (Wildman–Crippen MR) is 104 cm³/mol. The number of anilines is 1. The van der Waals surface area contributed by atoms with Crippen LogP contribution in [0.15, 0.2) is 12.1 Å². The van der Waals surface area contributed by atoms with Crippen molar-refractivity contribution in [3.8, 4) is 0 Å². The number of hydrogen-bond acceptors (Lipinski definition) is 4. The van der Waals surface area contributed by atoms with Crippen molar-refractivity contribution in [3.05, 3.63) is 23.3 Å². The fourth-order valence-corrected chi connectivity index (χ4v) is 5.38. The Kier molecular flexibility index (Phi) is 4.67. The molecule has 25 heavy (non-hydrogen) atoms. The highest BCUT2D eigenvalue weighted by Crippen LogP contribution is 2.34. The molecule has 0 N–H and O–H groups in total. The second-order valence-corrected chi connectivity index (χ2v) is 8.58. The molecule has 0 bridgehead atoms. The smallest absolute Gasteiger partial charge is 0.225 e. The van der Waals surface area contributed by atoms with Gasteiger partial charge in [0.25, 0.3) is 0 Å². The minimum Gasteiger partial charge on any atom is -0.348 e. The van der Waals surface area contributed by atoms with Crippen molar-refractivity contribution in [1.82, 2.24) is 9.88 Å². The normalized spacial score (nSPS) is 19.6. The van der Waals surface area contributed by atoms with Crippen molar-refractivity contribution in [1.29, 1.82) is 0 Å². The lowest BCUT2D eigenvalue weighted by molar-refractivity contribution is -0.137. The van der Waals surface area contributed by atoms with E-state index in [2.05, 4.69) is 35.8 Å². The number of benzene rings is 1. The summed E-state index contributed by atoms with van der Waals surface area (Å²) in [4.78, 5) is 22.1. The summed E-state index contributed by atoms with van der Waals surface area (Å²) in [6, 6.07) is 4.44. The summed E-state index contributed by atoms with van der Waals surface area (Å²) in [5, 5.41) is 1.12. The van der Waals surface area contributed by atoms with E-state index in [1.807, 2.05) is 0 Å². The standard InChI is InChI=1S/C20H27N3OS/c1-14-12-15(2)18-17(13-14)25-20(21-18)23-10-6-16(7-11-23)19(24)22-8-4-3-5-9-22/h12-13,16H,3-11H2,1-2H3. The Hall–Kier alpha value is -1.62. The molecule has 0 saturated carbocycles. The molecule has 4 rings (SSSR count). The Morgan fingerprint density at radius 1 is 1.08 bits per heavy atom. The highest BCUT2D eigenvalue weighted by Gasteiger charge is 2.30. The number of fused-ring (bicyclic) bond motifs is 1. The first-order valence-corrected chi connectivity index (χ1v) is 10.3. The van der Waals surface area contributed by atoms with Crippen molar-refractivity contribution in [2.75, 3.05) is 31.1 Å². The topological polar surface area (TPSA) is 36.4 Å². The SMILES string of the molecule is Cc1cc(C)c2nc(N3CCC(C(=O)N4CCCCC4)CC3)sc2c1. The number of aromatic nitrogens is 1. The molecule has 0 spiro atoms. The summed E-state index contributed by atoms with van der Waals surface area (Å²) < 4.78 is 1.28. The number of piperidine rings is 2. The maximum absolute atomic E-state index is 12.7. The number of rotatable bonds is 2. The highest BCUT2D eigenvalue weighted by molar-refractivity contribution is 7.22. The molecule has 1 amide bonds. The summed E-state index contributed by atoms with van der Waals surface area (Å²) >= 11 is 1.79. The Labute approximate surface area is 153 Å². The average molecular weight is 358 g/mol. The van der Waals surface area contributed by atoms with Gasteiger partial charge in [-0.1, -0.05) is 17.4 Å². The van der Waals surface area contributed by atoms with Crippen LogP contribution >= 0.6 is 11.3 Å². The maximum Gasteiger partial charge on any atom is 0.225 e. The molecular formula is C20H27N3OS. The summed E-state index contributed by atoms with van der Waals surface area (Å²) in [6.45, 7) is 8.11. The average Bonchev–Trinajstić information content (AvgIpc) is 3.06. The Morgan fingerprint density at radius 3 is 2.52 bits per heavy atom. The number of likely N-dealkylation sites (tertiary alicyclic amines) is 1. The maximum atomic E-state index is 12.7. The molecule has 2 saturated heterocycles. The molecule has 1 aromatic heterocycles. The van der Waals surface area contributed by atoms with Crippen molar-refractivity contribution in [3.63, 3.8) is 0 Å². The van der Waals surface area contributed by atoms with Crippen LogP contribution in [0, 0.1) is 19.8 Å². The molecule has 5 heteroatoms. The molecule has 2 aliphatic heterocycles. The fraction of sp³-hybridized carbons (Fsp3) is 0.600. The molecule has 2 aromatic rings. The number of aryl methyl sites for hydroxylation is 2. The molecule has 1 aromatic carbocycles. The quantitative estimate of drug-likeness (QED) is 0.810. The van der Waals surface area contributed by atoms with E-state index >= 15 is 0 Å². The second-order valence-electron chi connectivity index (χ2n) is 7.57. The number of carbonyl (C=O) groups is 1. The number of thiazole rings is 1. The van der Waals surface area contributed by atoms with Gasteiger partial charge < -0.3 is 9.80 Å². The Bertz CT molecular complexity index is 771. The van der Waals surface area contributed by atoms with E-state index in [4.69, 9.17) is 4.98 Å². The zero-order chi connectivity index (χ0) is 17.4. The largest absolute Gasteiger partial charge is 0.348 e. The van der Waals surface area contributed by atoms with Gasteiger partial charge in [0.1, 0.15) is 0 Å². The lowest BCUT2D eigenvalue weighted by atomic mass is 9.94. The van der Waals surface area contributed by atoms with Crippen LogP contribution in [0.5, 0.6) is 0 Å². The van der Waals surface area contributed by atoms with Gasteiger partial charge in [-0.15, -0.1) is 0 Å². The van der Waals surface area contributed by atoms with Crippen molar-refractivity contribution >= 4 is 32.6 Å². The van der Waals surface area contributed by atoms with Crippen LogP contribution in [0.2, 0.25) is 0 Å². The van der Waals surface area contributed by atoms with Crippen LogP contribution in [0.4, 0.5) is 5.13 Å². The van der Waals surface area contributed by atoms with Crippen molar-refractivity contribution in [2.24, 2.45) is 5.92 Å². The Morgan fingerprint density at radius 2 is 1.80 bits per heavy atom. The second kappa shape index (κ2) is 6.94. The first-order valence-electron chi connectivity index (χ1n) is 9.53. The zero-order valence-corrected chi connectivity index (χ0v) is 16.1. The molecule has 4 nitrogen and oxygen atoms in total. The number of nitrogens with zero attached hydrogens (tertiary/aromatic N) is 3. The molecule has 0 unspecified atom stereocenters. The van der Waals surface area contributed by atoms with Gasteiger partial charge in [0.2, 0.25) is 5.91 Å². The lowest BCUT2D eigenvalue weighted by Gasteiger charge is -2.35. The summed E-state index contributed by atoms with van der Waals surface area (Å²) in [7, 11) is 0. The molecule has 3 heterocycles. The predicted octanol–water partition coefficient (Wildman–Crippen LogP) is 4.14. The van der Waals surface area contributed by atoms with E-state index in [0.29, 0.717) is 5.91 Å². The summed E-state index contributed by atoms with van der Waals surface area (Å²) in [6.07, 6.45) is 5.55. The molecular weight excluding hydrogens is 330 g/mol. The van der Waals surface area contributed by atoms with Crippen LogP contribution in [-0.2, 0) is 4.79 Å². The van der Waals surface area contributed by atoms with E-state index in [0.717, 1.165) is 49.7 Å². The van der Waals surface area contributed by atoms with Gasteiger partial charge >= 0.3 is 0 Å². The van der Waals surface area contributed by atoms with Crippen molar-refractivity contribution < 1.29 is 4.79 Å². The van der Waals surface area contributed by atoms with Crippen LogP contribution in [0.25, 0.3) is 10.2 Å². The van der Waals surface area contributed by atoms with Gasteiger partial charge in [0, 0.05) is 32.1 Å². The van der Waals surface area contributed by atoms with Gasteiger partial charge in [-0.05, 0) is 63.1 Å². The van der Waals surface area contributed by atoms with E-state index in [1.165, 1.54) is 35.1 Å². The van der Waals surface area contributed by atoms with E-state index in [-0.39, 0.29) is 5.92 Å². The third-order valence-electron chi connectivity index (χ3n) is 5.60. The molecule has 2 fully saturated rings. The van der Waals surface area contributed by atoms with E-state index in [9.17, 15) is 4.79 Å². The zero-order valence-electron chi connectivity index (χ0n) is 15.3. The third kappa shape index (κ3) is 3.39. The van der Waals surface area contributed by atoms with Gasteiger partial charge in [-0.25, -0.2) is 4.98 Å². The van der Waals surface area contributed by atoms with Gasteiger partial charge in [0.15, 0.2) is 5.13 Å². The third-order valence-corrected chi connectivity index (χ3v) is 6.66. The van der Waals surface area contributed by atoms with Gasteiger partial charge in [-0.2, -0.15) is 0 Å². The molecule has 2 aliphatic rings. The summed E-state index contributed by atoms with van der Waals surface area (Å²) in [5.74, 6) is 0.614. The highest BCUT2D eigenvalue weighted by atomic mass is 32.1. The monoisotopic (exact) mass is 357 g/mol. The lowest BCUT2D eigenvalue weighted by Crippen LogP contribution is -2.44. The van der Waals surface area contributed by atoms with Crippen LogP contribution < -0.4 is 4.90 Å². The Balaban J connectivity index is 1.43.